The van der Waals surface area contributed by atoms with Crippen LogP contribution < -0.4 is 0 Å². The Kier molecular flexibility index (Phi) is 6.13. The van der Waals surface area contributed by atoms with Crippen LogP contribution in [0.5, 0.6) is 0 Å². The van der Waals surface area contributed by atoms with Gasteiger partial charge in [-0.15, -0.1) is 0 Å². The van der Waals surface area contributed by atoms with Crippen molar-refractivity contribution in [2.45, 2.75) is 25.6 Å². The Morgan fingerprint density at radius 3 is 2.44 bits per heavy atom. The van der Waals surface area contributed by atoms with Gasteiger partial charge in [0.05, 0.1) is 0 Å². The van der Waals surface area contributed by atoms with Gasteiger partial charge in [-0.2, -0.15) is 0 Å². The van der Waals surface area contributed by atoms with Crippen LogP contribution in [0.2, 0.25) is 0 Å². The lowest BCUT2D eigenvalue weighted by Crippen LogP contribution is -2.52. The normalized spacial score (nSPS) is 19.2. The van der Waals surface area contributed by atoms with Crippen LogP contribution >= 0.6 is 0 Å². The fraction of sp³-hybridized carbons (Fsp3) is 0.400. The second-order valence-electron chi connectivity index (χ2n) is 6.63. The summed E-state index contributed by atoms with van der Waals surface area (Å²) in [6, 6.07) is 13.5. The summed E-state index contributed by atoms with van der Waals surface area (Å²) in [5.74, 6) is -0.435. The molecular weight excluding hydrogens is 322 g/mol. The molecule has 0 spiro atoms. The molecule has 1 heterocycles. The third kappa shape index (κ3) is 5.08. The van der Waals surface area contributed by atoms with Gasteiger partial charge in [0.2, 0.25) is 0 Å². The Labute approximate surface area is 147 Å². The summed E-state index contributed by atoms with van der Waals surface area (Å²) >= 11 is 0. The molecule has 2 aromatic carbocycles. The first-order chi connectivity index (χ1) is 12.1. The average Bonchev–Trinajstić information content (AvgIpc) is 2.59. The highest BCUT2D eigenvalue weighted by Crippen LogP contribution is 2.19. The Bertz CT molecular complexity index is 678. The van der Waals surface area contributed by atoms with E-state index in [2.05, 4.69) is 9.80 Å². The van der Waals surface area contributed by atoms with Crippen LogP contribution in [0.3, 0.4) is 0 Å². The zero-order valence-corrected chi connectivity index (χ0v) is 14.2. The Morgan fingerprint density at radius 2 is 1.72 bits per heavy atom. The third-order valence-corrected chi connectivity index (χ3v) is 4.75. The fourth-order valence-electron chi connectivity index (χ4n) is 3.45. The highest BCUT2D eigenvalue weighted by Gasteiger charge is 2.26. The molecular formula is C20H24F2N2O. The van der Waals surface area contributed by atoms with Crippen molar-refractivity contribution in [3.63, 3.8) is 0 Å². The van der Waals surface area contributed by atoms with Crippen molar-refractivity contribution >= 4 is 0 Å². The van der Waals surface area contributed by atoms with E-state index in [1.165, 1.54) is 18.2 Å². The van der Waals surface area contributed by atoms with Crippen molar-refractivity contribution < 1.29 is 13.9 Å². The molecule has 1 aliphatic heterocycles. The number of piperazine rings is 1. The minimum absolute atomic E-state index is 0.137. The summed E-state index contributed by atoms with van der Waals surface area (Å²) < 4.78 is 26.4. The predicted molar refractivity (Wildman–Crippen MR) is 94.0 cm³/mol. The van der Waals surface area contributed by atoms with E-state index in [0.717, 1.165) is 37.3 Å². The third-order valence-electron chi connectivity index (χ3n) is 4.75. The molecule has 0 saturated carbocycles. The van der Waals surface area contributed by atoms with E-state index in [1.54, 1.807) is 12.1 Å². The van der Waals surface area contributed by atoms with E-state index < -0.39 is 0 Å². The Balaban J connectivity index is 1.62. The molecule has 134 valence electrons. The highest BCUT2D eigenvalue weighted by atomic mass is 19.1. The molecule has 0 amide bonds. The summed E-state index contributed by atoms with van der Waals surface area (Å²) in [5, 5.41) is 9.41. The predicted octanol–water partition coefficient (Wildman–Crippen LogP) is 3.03. The van der Waals surface area contributed by atoms with Crippen LogP contribution in [-0.4, -0.2) is 47.2 Å². The maximum absolute atomic E-state index is 13.4. The van der Waals surface area contributed by atoms with Crippen LogP contribution in [0, 0.1) is 11.6 Å². The summed E-state index contributed by atoms with van der Waals surface area (Å²) in [5.41, 5.74) is 2.04. The van der Waals surface area contributed by atoms with E-state index in [-0.39, 0.29) is 24.3 Å². The van der Waals surface area contributed by atoms with Gasteiger partial charge in [0.15, 0.2) is 0 Å². The Hall–Kier alpha value is -1.82. The van der Waals surface area contributed by atoms with Gasteiger partial charge in [0.1, 0.15) is 11.6 Å². The topological polar surface area (TPSA) is 26.7 Å². The van der Waals surface area contributed by atoms with Gasteiger partial charge in [-0.25, -0.2) is 8.78 Å². The summed E-state index contributed by atoms with van der Waals surface area (Å²) in [4.78, 5) is 4.64. The number of hydrogen-bond acceptors (Lipinski definition) is 3. The number of halogens is 2. The second kappa shape index (κ2) is 8.52. The minimum Gasteiger partial charge on any atom is -0.396 e. The molecule has 25 heavy (non-hydrogen) atoms. The lowest BCUT2D eigenvalue weighted by molar-refractivity contribution is 0.0499. The van der Waals surface area contributed by atoms with Gasteiger partial charge < -0.3 is 5.11 Å². The standard InChI is InChI=1S/C20H24F2N2O/c21-18-6-4-16(5-7-18)14-24-10-9-23(15-20(24)8-11-25)13-17-2-1-3-19(22)12-17/h1-7,12,20,25H,8-11,13-15H2. The minimum atomic E-state index is -0.226. The van der Waals surface area contributed by atoms with Crippen molar-refractivity contribution in [1.29, 1.82) is 0 Å². The zero-order chi connectivity index (χ0) is 17.6. The van der Waals surface area contributed by atoms with Gasteiger partial charge in [0.25, 0.3) is 0 Å². The van der Waals surface area contributed by atoms with Crippen molar-refractivity contribution in [1.82, 2.24) is 9.80 Å². The number of hydrogen-bond donors (Lipinski definition) is 1. The molecule has 1 aliphatic rings. The lowest BCUT2D eigenvalue weighted by Gasteiger charge is -2.41. The Morgan fingerprint density at radius 1 is 0.920 bits per heavy atom. The molecule has 1 fully saturated rings. The molecule has 0 aliphatic carbocycles. The number of rotatable bonds is 6. The number of aliphatic hydroxyl groups is 1. The molecule has 5 heteroatoms. The quantitative estimate of drug-likeness (QED) is 0.871. The first-order valence-corrected chi connectivity index (χ1v) is 8.70. The highest BCUT2D eigenvalue weighted by molar-refractivity contribution is 5.17. The number of aliphatic hydroxyl groups excluding tert-OH is 1. The smallest absolute Gasteiger partial charge is 0.123 e. The van der Waals surface area contributed by atoms with Gasteiger partial charge in [-0.3, -0.25) is 9.80 Å². The maximum Gasteiger partial charge on any atom is 0.123 e. The van der Waals surface area contributed by atoms with Crippen LogP contribution in [-0.2, 0) is 13.1 Å². The van der Waals surface area contributed by atoms with E-state index in [4.69, 9.17) is 0 Å². The molecule has 3 nitrogen and oxygen atoms in total. The number of nitrogens with zero attached hydrogens (tertiary/aromatic N) is 2. The molecule has 1 saturated heterocycles. The molecule has 0 radical (unpaired) electrons. The van der Waals surface area contributed by atoms with Crippen LogP contribution in [0.25, 0.3) is 0 Å². The van der Waals surface area contributed by atoms with Crippen molar-refractivity contribution in [3.05, 3.63) is 71.3 Å². The van der Waals surface area contributed by atoms with E-state index in [1.807, 2.05) is 18.2 Å². The molecule has 2 aromatic rings. The van der Waals surface area contributed by atoms with E-state index >= 15 is 0 Å². The van der Waals surface area contributed by atoms with Gasteiger partial charge in [-0.05, 0) is 41.8 Å². The molecule has 1 unspecified atom stereocenters. The van der Waals surface area contributed by atoms with Gasteiger partial charge in [-0.1, -0.05) is 24.3 Å². The molecule has 3 rings (SSSR count). The largest absolute Gasteiger partial charge is 0.396 e. The first-order valence-electron chi connectivity index (χ1n) is 8.70. The lowest BCUT2D eigenvalue weighted by atomic mass is 10.1. The van der Waals surface area contributed by atoms with Crippen LogP contribution in [0.1, 0.15) is 17.5 Å². The van der Waals surface area contributed by atoms with Crippen molar-refractivity contribution in [2.75, 3.05) is 26.2 Å². The number of benzene rings is 2. The van der Waals surface area contributed by atoms with Gasteiger partial charge in [0, 0.05) is 45.4 Å². The van der Waals surface area contributed by atoms with Crippen LogP contribution in [0.15, 0.2) is 48.5 Å². The van der Waals surface area contributed by atoms with E-state index in [9.17, 15) is 13.9 Å². The van der Waals surface area contributed by atoms with Crippen LogP contribution in [0.4, 0.5) is 8.78 Å². The SMILES string of the molecule is OCCC1CN(Cc2cccc(F)c2)CCN1Cc1ccc(F)cc1. The monoisotopic (exact) mass is 346 g/mol. The van der Waals surface area contributed by atoms with Gasteiger partial charge >= 0.3 is 0 Å². The maximum atomic E-state index is 13.4. The van der Waals surface area contributed by atoms with Crippen molar-refractivity contribution in [3.8, 4) is 0 Å². The zero-order valence-electron chi connectivity index (χ0n) is 14.2. The molecule has 0 aromatic heterocycles. The summed E-state index contributed by atoms with van der Waals surface area (Å²) in [6.45, 7) is 4.19. The molecule has 0 bridgehead atoms. The fourth-order valence-corrected chi connectivity index (χ4v) is 3.45. The summed E-state index contributed by atoms with van der Waals surface area (Å²) in [6.07, 6.45) is 0.695. The second-order valence-corrected chi connectivity index (χ2v) is 6.63. The first kappa shape index (κ1) is 18.0. The average molecular weight is 346 g/mol. The van der Waals surface area contributed by atoms with E-state index in [0.29, 0.717) is 13.0 Å². The molecule has 1 atom stereocenters. The van der Waals surface area contributed by atoms with Crippen molar-refractivity contribution in [2.24, 2.45) is 0 Å². The molecule has 1 N–H and O–H groups in total. The summed E-state index contributed by atoms with van der Waals surface area (Å²) in [7, 11) is 0.